The lowest BCUT2D eigenvalue weighted by atomic mass is 9.93. The molecule has 0 fully saturated rings. The summed E-state index contributed by atoms with van der Waals surface area (Å²) in [4.78, 5) is 11.9. The number of aliphatic hydroxyl groups excluding tert-OH is 1. The van der Waals surface area contributed by atoms with Gasteiger partial charge in [-0.1, -0.05) is 27.2 Å². The Labute approximate surface area is 118 Å². The van der Waals surface area contributed by atoms with Gasteiger partial charge in [0.1, 0.15) is 0 Å². The highest BCUT2D eigenvalue weighted by atomic mass is 16.3. The SMILES string of the molecule is CCCC(CCO)CNC(=O)CC(CN)CC(C)C. The van der Waals surface area contributed by atoms with Crippen LogP contribution in [0.25, 0.3) is 0 Å². The van der Waals surface area contributed by atoms with Gasteiger partial charge in [-0.15, -0.1) is 0 Å². The molecule has 19 heavy (non-hydrogen) atoms. The van der Waals surface area contributed by atoms with E-state index in [0.717, 1.165) is 25.7 Å². The molecule has 0 aliphatic rings. The van der Waals surface area contributed by atoms with Crippen LogP contribution in [0.3, 0.4) is 0 Å². The van der Waals surface area contributed by atoms with E-state index in [9.17, 15) is 4.79 Å². The lowest BCUT2D eigenvalue weighted by Gasteiger charge is -2.19. The fraction of sp³-hybridized carbons (Fsp3) is 0.933. The third-order valence-electron chi connectivity index (χ3n) is 3.43. The average molecular weight is 272 g/mol. The maximum atomic E-state index is 11.9. The van der Waals surface area contributed by atoms with Gasteiger partial charge in [-0.2, -0.15) is 0 Å². The molecule has 0 heterocycles. The summed E-state index contributed by atoms with van der Waals surface area (Å²) in [6, 6.07) is 0. The summed E-state index contributed by atoms with van der Waals surface area (Å²) in [6.07, 6.45) is 4.42. The van der Waals surface area contributed by atoms with Crippen LogP contribution < -0.4 is 11.1 Å². The Bertz CT molecular complexity index is 226. The molecular weight excluding hydrogens is 240 g/mol. The monoisotopic (exact) mass is 272 g/mol. The second kappa shape index (κ2) is 11.2. The van der Waals surface area contributed by atoms with Crippen molar-refractivity contribution in [3.8, 4) is 0 Å². The topological polar surface area (TPSA) is 75.3 Å². The highest BCUT2D eigenvalue weighted by Gasteiger charge is 2.15. The minimum absolute atomic E-state index is 0.0927. The minimum atomic E-state index is 0.0927. The third kappa shape index (κ3) is 9.91. The van der Waals surface area contributed by atoms with Gasteiger partial charge in [-0.3, -0.25) is 4.79 Å². The normalized spacial score (nSPS) is 14.4. The summed E-state index contributed by atoms with van der Waals surface area (Å²) in [7, 11) is 0. The number of hydrogen-bond donors (Lipinski definition) is 3. The molecule has 0 aromatic carbocycles. The Morgan fingerprint density at radius 1 is 1.26 bits per heavy atom. The van der Waals surface area contributed by atoms with E-state index in [-0.39, 0.29) is 18.4 Å². The first kappa shape index (κ1) is 18.4. The lowest BCUT2D eigenvalue weighted by Crippen LogP contribution is -2.32. The van der Waals surface area contributed by atoms with Crippen molar-refractivity contribution in [1.29, 1.82) is 0 Å². The van der Waals surface area contributed by atoms with Crippen molar-refractivity contribution in [2.45, 2.75) is 52.9 Å². The van der Waals surface area contributed by atoms with Gasteiger partial charge in [0.15, 0.2) is 0 Å². The molecule has 114 valence electrons. The van der Waals surface area contributed by atoms with Crippen molar-refractivity contribution >= 4 is 5.91 Å². The number of rotatable bonds is 11. The van der Waals surface area contributed by atoms with Crippen LogP contribution in [-0.2, 0) is 4.79 Å². The van der Waals surface area contributed by atoms with Crippen molar-refractivity contribution in [1.82, 2.24) is 5.32 Å². The highest BCUT2D eigenvalue weighted by molar-refractivity contribution is 5.76. The number of amides is 1. The fourth-order valence-electron chi connectivity index (χ4n) is 2.46. The molecule has 1 amide bonds. The summed E-state index contributed by atoms with van der Waals surface area (Å²) in [5.41, 5.74) is 5.71. The molecule has 0 aromatic heterocycles. The van der Waals surface area contributed by atoms with E-state index in [1.54, 1.807) is 0 Å². The lowest BCUT2D eigenvalue weighted by molar-refractivity contribution is -0.122. The van der Waals surface area contributed by atoms with Crippen LogP contribution in [0.1, 0.15) is 52.9 Å². The van der Waals surface area contributed by atoms with Crippen molar-refractivity contribution < 1.29 is 9.90 Å². The zero-order valence-electron chi connectivity index (χ0n) is 12.8. The molecule has 0 radical (unpaired) electrons. The zero-order valence-corrected chi connectivity index (χ0v) is 12.8. The van der Waals surface area contributed by atoms with E-state index in [4.69, 9.17) is 10.8 Å². The first-order valence-electron chi connectivity index (χ1n) is 7.61. The van der Waals surface area contributed by atoms with Crippen LogP contribution in [-0.4, -0.2) is 30.7 Å². The second-order valence-electron chi connectivity index (χ2n) is 5.91. The number of carbonyl (C=O) groups is 1. The molecular formula is C15H32N2O2. The molecule has 0 aliphatic carbocycles. The van der Waals surface area contributed by atoms with Crippen LogP contribution in [0.15, 0.2) is 0 Å². The van der Waals surface area contributed by atoms with Gasteiger partial charge in [0.05, 0.1) is 0 Å². The van der Waals surface area contributed by atoms with Crippen LogP contribution in [0.4, 0.5) is 0 Å². The van der Waals surface area contributed by atoms with E-state index in [2.05, 4.69) is 26.1 Å². The zero-order chi connectivity index (χ0) is 14.7. The Kier molecular flexibility index (Phi) is 10.9. The quantitative estimate of drug-likeness (QED) is 0.538. The predicted molar refractivity (Wildman–Crippen MR) is 79.7 cm³/mol. The predicted octanol–water partition coefficient (Wildman–Crippen LogP) is 1.91. The molecule has 4 N–H and O–H groups in total. The summed E-state index contributed by atoms with van der Waals surface area (Å²) in [5.74, 6) is 1.33. The van der Waals surface area contributed by atoms with E-state index in [1.165, 1.54) is 0 Å². The number of aliphatic hydroxyl groups is 1. The van der Waals surface area contributed by atoms with E-state index in [0.29, 0.717) is 31.3 Å². The largest absolute Gasteiger partial charge is 0.396 e. The van der Waals surface area contributed by atoms with Crippen LogP contribution in [0.2, 0.25) is 0 Å². The molecule has 2 unspecified atom stereocenters. The summed E-state index contributed by atoms with van der Waals surface area (Å²) in [6.45, 7) is 7.86. The molecule has 0 bridgehead atoms. The summed E-state index contributed by atoms with van der Waals surface area (Å²) >= 11 is 0. The smallest absolute Gasteiger partial charge is 0.220 e. The molecule has 0 saturated heterocycles. The van der Waals surface area contributed by atoms with Gasteiger partial charge in [-0.25, -0.2) is 0 Å². The average Bonchev–Trinajstić information content (AvgIpc) is 2.35. The Hall–Kier alpha value is -0.610. The number of nitrogens with two attached hydrogens (primary N) is 1. The number of carbonyl (C=O) groups excluding carboxylic acids is 1. The molecule has 0 aromatic rings. The molecule has 4 nitrogen and oxygen atoms in total. The van der Waals surface area contributed by atoms with Gasteiger partial charge in [0, 0.05) is 19.6 Å². The molecule has 0 aliphatic heterocycles. The van der Waals surface area contributed by atoms with E-state index >= 15 is 0 Å². The number of hydrogen-bond acceptors (Lipinski definition) is 3. The first-order valence-corrected chi connectivity index (χ1v) is 7.61. The van der Waals surface area contributed by atoms with E-state index in [1.807, 2.05) is 0 Å². The van der Waals surface area contributed by atoms with Gasteiger partial charge < -0.3 is 16.2 Å². The van der Waals surface area contributed by atoms with Crippen molar-refractivity contribution in [2.24, 2.45) is 23.5 Å². The van der Waals surface area contributed by atoms with Gasteiger partial charge >= 0.3 is 0 Å². The molecule has 4 heteroatoms. The molecule has 0 rings (SSSR count). The number of nitrogens with one attached hydrogen (secondary N) is 1. The van der Waals surface area contributed by atoms with Crippen LogP contribution in [0.5, 0.6) is 0 Å². The van der Waals surface area contributed by atoms with Crippen molar-refractivity contribution in [3.05, 3.63) is 0 Å². The maximum Gasteiger partial charge on any atom is 0.220 e. The summed E-state index contributed by atoms with van der Waals surface area (Å²) < 4.78 is 0. The Morgan fingerprint density at radius 3 is 2.42 bits per heavy atom. The van der Waals surface area contributed by atoms with Crippen LogP contribution >= 0.6 is 0 Å². The van der Waals surface area contributed by atoms with Gasteiger partial charge in [0.2, 0.25) is 5.91 Å². The van der Waals surface area contributed by atoms with E-state index < -0.39 is 0 Å². The standard InChI is InChI=1S/C15H32N2O2/c1-4-5-13(6-7-18)11-17-15(19)9-14(10-16)8-12(2)3/h12-14,18H,4-11,16H2,1-3H3,(H,17,19). The maximum absolute atomic E-state index is 11.9. The second-order valence-corrected chi connectivity index (χ2v) is 5.91. The highest BCUT2D eigenvalue weighted by Crippen LogP contribution is 2.14. The third-order valence-corrected chi connectivity index (χ3v) is 3.43. The molecule has 0 saturated carbocycles. The van der Waals surface area contributed by atoms with Gasteiger partial charge in [-0.05, 0) is 43.6 Å². The van der Waals surface area contributed by atoms with Crippen LogP contribution in [0, 0.1) is 17.8 Å². The Morgan fingerprint density at radius 2 is 1.95 bits per heavy atom. The molecule has 2 atom stereocenters. The Balaban J connectivity index is 4.00. The molecule has 0 spiro atoms. The van der Waals surface area contributed by atoms with Crippen molar-refractivity contribution in [3.63, 3.8) is 0 Å². The van der Waals surface area contributed by atoms with Crippen molar-refractivity contribution in [2.75, 3.05) is 19.7 Å². The minimum Gasteiger partial charge on any atom is -0.396 e. The fourth-order valence-corrected chi connectivity index (χ4v) is 2.46. The van der Waals surface area contributed by atoms with Gasteiger partial charge in [0.25, 0.3) is 0 Å². The summed E-state index contributed by atoms with van der Waals surface area (Å²) in [5, 5.41) is 12.0. The first-order chi connectivity index (χ1) is 9.03.